The van der Waals surface area contributed by atoms with Crippen LogP contribution < -0.4 is 10.5 Å². The van der Waals surface area contributed by atoms with Gasteiger partial charge in [-0.15, -0.1) is 0 Å². The largest absolute Gasteiger partial charge is 0.494 e. The highest BCUT2D eigenvalue weighted by molar-refractivity contribution is 6.31. The lowest BCUT2D eigenvalue weighted by Gasteiger charge is -2.15. The smallest absolute Gasteiger partial charge is 0.119 e. The van der Waals surface area contributed by atoms with Crippen LogP contribution in [0.3, 0.4) is 0 Å². The summed E-state index contributed by atoms with van der Waals surface area (Å²) in [6.07, 6.45) is 4.75. The number of nitrogens with two attached hydrogens (primary N) is 1. The number of rotatable bonds is 4. The molecule has 0 bridgehead atoms. The van der Waals surface area contributed by atoms with Gasteiger partial charge in [0.1, 0.15) is 5.75 Å². The number of hydrogen-bond acceptors (Lipinski definition) is 2. The molecule has 0 amide bonds. The first-order valence-electron chi connectivity index (χ1n) is 6.31. The van der Waals surface area contributed by atoms with E-state index in [1.54, 1.807) is 0 Å². The highest BCUT2D eigenvalue weighted by Crippen LogP contribution is 2.27. The standard InChI is InChI=1S/C14H20ClNO/c1-10-9-12(5-6-13(10)15)17-8-7-11-3-2-4-14(11)16/h5-6,9,11,14H,2-4,7-8,16H2,1H3. The molecule has 2 N–H and O–H groups in total. The third-order valence-electron chi connectivity index (χ3n) is 3.60. The Bertz CT molecular complexity index is 380. The number of benzene rings is 1. The molecule has 2 atom stereocenters. The minimum Gasteiger partial charge on any atom is -0.494 e. The van der Waals surface area contributed by atoms with E-state index >= 15 is 0 Å². The van der Waals surface area contributed by atoms with Crippen molar-refractivity contribution in [3.05, 3.63) is 28.8 Å². The third-order valence-corrected chi connectivity index (χ3v) is 4.03. The van der Waals surface area contributed by atoms with Crippen molar-refractivity contribution in [1.82, 2.24) is 0 Å². The number of aryl methyl sites for hydroxylation is 1. The van der Waals surface area contributed by atoms with E-state index in [1.807, 2.05) is 25.1 Å². The Morgan fingerprint density at radius 2 is 2.24 bits per heavy atom. The highest BCUT2D eigenvalue weighted by atomic mass is 35.5. The summed E-state index contributed by atoms with van der Waals surface area (Å²) in [6.45, 7) is 2.74. The quantitative estimate of drug-likeness (QED) is 0.891. The number of ether oxygens (including phenoxy) is 1. The van der Waals surface area contributed by atoms with Gasteiger partial charge in [0.15, 0.2) is 0 Å². The Balaban J connectivity index is 1.79. The number of halogens is 1. The molecule has 1 fully saturated rings. The van der Waals surface area contributed by atoms with Gasteiger partial charge in [0, 0.05) is 11.1 Å². The van der Waals surface area contributed by atoms with Crippen molar-refractivity contribution in [3.63, 3.8) is 0 Å². The molecule has 94 valence electrons. The van der Waals surface area contributed by atoms with Crippen molar-refractivity contribution in [3.8, 4) is 5.75 Å². The van der Waals surface area contributed by atoms with Crippen molar-refractivity contribution in [2.24, 2.45) is 11.7 Å². The van der Waals surface area contributed by atoms with E-state index in [1.165, 1.54) is 19.3 Å². The Morgan fingerprint density at radius 3 is 2.88 bits per heavy atom. The van der Waals surface area contributed by atoms with E-state index in [2.05, 4.69) is 0 Å². The van der Waals surface area contributed by atoms with E-state index in [0.29, 0.717) is 12.0 Å². The fraction of sp³-hybridized carbons (Fsp3) is 0.571. The third kappa shape index (κ3) is 3.36. The predicted molar refractivity (Wildman–Crippen MR) is 71.6 cm³/mol. The highest BCUT2D eigenvalue weighted by Gasteiger charge is 2.23. The molecular weight excluding hydrogens is 234 g/mol. The van der Waals surface area contributed by atoms with Crippen molar-refractivity contribution < 1.29 is 4.74 Å². The first kappa shape index (κ1) is 12.7. The maximum absolute atomic E-state index is 6.03. The first-order valence-corrected chi connectivity index (χ1v) is 6.69. The molecule has 1 saturated carbocycles. The predicted octanol–water partition coefficient (Wildman–Crippen LogP) is 3.54. The molecule has 0 spiro atoms. The molecule has 2 unspecified atom stereocenters. The van der Waals surface area contributed by atoms with Gasteiger partial charge in [0.25, 0.3) is 0 Å². The molecule has 0 aliphatic heterocycles. The Kier molecular flexibility index (Phi) is 4.30. The summed E-state index contributed by atoms with van der Waals surface area (Å²) in [6, 6.07) is 6.17. The molecule has 1 aromatic rings. The minimum atomic E-state index is 0.380. The lowest BCUT2D eigenvalue weighted by atomic mass is 10.0. The van der Waals surface area contributed by atoms with Crippen LogP contribution >= 0.6 is 11.6 Å². The monoisotopic (exact) mass is 253 g/mol. The van der Waals surface area contributed by atoms with E-state index < -0.39 is 0 Å². The molecule has 17 heavy (non-hydrogen) atoms. The Morgan fingerprint density at radius 1 is 1.41 bits per heavy atom. The molecule has 1 aliphatic carbocycles. The summed E-state index contributed by atoms with van der Waals surface area (Å²) in [5.74, 6) is 1.54. The van der Waals surface area contributed by atoms with Gasteiger partial charge in [0.2, 0.25) is 0 Å². The second kappa shape index (κ2) is 5.74. The zero-order valence-electron chi connectivity index (χ0n) is 10.3. The molecule has 1 aromatic carbocycles. The lowest BCUT2D eigenvalue weighted by molar-refractivity contribution is 0.271. The molecule has 2 nitrogen and oxygen atoms in total. The summed E-state index contributed by atoms with van der Waals surface area (Å²) < 4.78 is 5.74. The average Bonchev–Trinajstić information content (AvgIpc) is 2.70. The molecule has 3 heteroatoms. The maximum atomic E-state index is 6.03. The minimum absolute atomic E-state index is 0.380. The van der Waals surface area contributed by atoms with Crippen LogP contribution in [0.15, 0.2) is 18.2 Å². The van der Waals surface area contributed by atoms with E-state index in [4.69, 9.17) is 22.1 Å². The van der Waals surface area contributed by atoms with Crippen molar-refractivity contribution >= 4 is 11.6 Å². The average molecular weight is 254 g/mol. The first-order chi connectivity index (χ1) is 8.16. The van der Waals surface area contributed by atoms with Gasteiger partial charge in [-0.3, -0.25) is 0 Å². The van der Waals surface area contributed by atoms with Gasteiger partial charge in [-0.25, -0.2) is 0 Å². The van der Waals surface area contributed by atoms with Crippen LogP contribution in [0.25, 0.3) is 0 Å². The molecule has 0 saturated heterocycles. The van der Waals surface area contributed by atoms with Gasteiger partial charge in [-0.2, -0.15) is 0 Å². The van der Waals surface area contributed by atoms with Gasteiger partial charge >= 0.3 is 0 Å². The summed E-state index contributed by atoms with van der Waals surface area (Å²) >= 11 is 5.97. The second-order valence-corrected chi connectivity index (χ2v) is 5.31. The van der Waals surface area contributed by atoms with Crippen LogP contribution in [0.2, 0.25) is 5.02 Å². The van der Waals surface area contributed by atoms with Gasteiger partial charge in [-0.05, 0) is 55.9 Å². The van der Waals surface area contributed by atoms with E-state index in [-0.39, 0.29) is 0 Å². The normalized spacial score (nSPS) is 23.9. The maximum Gasteiger partial charge on any atom is 0.119 e. The topological polar surface area (TPSA) is 35.2 Å². The van der Waals surface area contributed by atoms with Gasteiger partial charge in [0.05, 0.1) is 6.61 Å². The van der Waals surface area contributed by atoms with Gasteiger partial charge < -0.3 is 10.5 Å². The van der Waals surface area contributed by atoms with Crippen LogP contribution in [-0.2, 0) is 0 Å². The molecule has 0 aromatic heterocycles. The zero-order chi connectivity index (χ0) is 12.3. The van der Waals surface area contributed by atoms with Gasteiger partial charge in [-0.1, -0.05) is 18.0 Å². The van der Waals surface area contributed by atoms with E-state index in [9.17, 15) is 0 Å². The summed E-state index contributed by atoms with van der Waals surface area (Å²) in [5.41, 5.74) is 7.09. The fourth-order valence-electron chi connectivity index (χ4n) is 2.46. The molecule has 2 rings (SSSR count). The summed E-state index contributed by atoms with van der Waals surface area (Å²) in [4.78, 5) is 0. The van der Waals surface area contributed by atoms with Crippen LogP contribution in [0, 0.1) is 12.8 Å². The van der Waals surface area contributed by atoms with Crippen molar-refractivity contribution in [2.75, 3.05) is 6.61 Å². The van der Waals surface area contributed by atoms with Crippen LogP contribution in [0.5, 0.6) is 5.75 Å². The molecule has 0 heterocycles. The Labute approximate surface area is 108 Å². The van der Waals surface area contributed by atoms with E-state index in [0.717, 1.165) is 29.4 Å². The second-order valence-electron chi connectivity index (χ2n) is 4.90. The zero-order valence-corrected chi connectivity index (χ0v) is 11.0. The van der Waals surface area contributed by atoms with Crippen molar-refractivity contribution in [2.45, 2.75) is 38.6 Å². The number of hydrogen-bond donors (Lipinski definition) is 1. The SMILES string of the molecule is Cc1cc(OCCC2CCCC2N)ccc1Cl. The summed E-state index contributed by atoms with van der Waals surface area (Å²) in [5, 5.41) is 0.787. The fourth-order valence-corrected chi connectivity index (χ4v) is 2.58. The molecule has 0 radical (unpaired) electrons. The van der Waals surface area contributed by atoms with Crippen molar-refractivity contribution in [1.29, 1.82) is 0 Å². The van der Waals surface area contributed by atoms with Crippen LogP contribution in [0.4, 0.5) is 0 Å². The Hall–Kier alpha value is -0.730. The molecular formula is C14H20ClNO. The lowest BCUT2D eigenvalue weighted by Crippen LogP contribution is -2.25. The van der Waals surface area contributed by atoms with Crippen LogP contribution in [0.1, 0.15) is 31.2 Å². The molecule has 1 aliphatic rings. The summed E-state index contributed by atoms with van der Waals surface area (Å²) in [7, 11) is 0. The van der Waals surface area contributed by atoms with Crippen LogP contribution in [-0.4, -0.2) is 12.6 Å².